The molecule has 0 spiro atoms. The summed E-state index contributed by atoms with van der Waals surface area (Å²) in [4.78, 5) is 24.4. The molecule has 1 N–H and O–H groups in total. The Bertz CT molecular complexity index is 886. The molecule has 1 amide bonds. The van der Waals surface area contributed by atoms with Crippen molar-refractivity contribution in [3.63, 3.8) is 0 Å². The van der Waals surface area contributed by atoms with Crippen LogP contribution in [-0.2, 0) is 20.7 Å². The highest BCUT2D eigenvalue weighted by Crippen LogP contribution is 2.29. The number of hydrogen-bond acceptors (Lipinski definition) is 5. The summed E-state index contributed by atoms with van der Waals surface area (Å²) in [6.07, 6.45) is 1.98. The Morgan fingerprint density at radius 3 is 2.71 bits per heavy atom. The van der Waals surface area contributed by atoms with Crippen molar-refractivity contribution in [2.45, 2.75) is 38.3 Å². The normalized spacial score (nSPS) is 16.2. The zero-order chi connectivity index (χ0) is 19.9. The zero-order valence-corrected chi connectivity index (χ0v) is 15.7. The maximum Gasteiger partial charge on any atom is 0.344 e. The fourth-order valence-corrected chi connectivity index (χ4v) is 3.25. The molecular formula is C22H22N2O4. The van der Waals surface area contributed by atoms with Crippen LogP contribution < -0.4 is 10.1 Å². The average molecular weight is 378 g/mol. The monoisotopic (exact) mass is 378 g/mol. The van der Waals surface area contributed by atoms with Gasteiger partial charge in [-0.15, -0.1) is 0 Å². The van der Waals surface area contributed by atoms with Crippen LogP contribution in [0, 0.1) is 11.3 Å². The fraction of sp³-hybridized carbons (Fsp3) is 0.318. The predicted molar refractivity (Wildman–Crippen MR) is 102 cm³/mol. The van der Waals surface area contributed by atoms with E-state index >= 15 is 0 Å². The Labute approximate surface area is 164 Å². The summed E-state index contributed by atoms with van der Waals surface area (Å²) in [6, 6.07) is 16.4. The van der Waals surface area contributed by atoms with Gasteiger partial charge in [-0.25, -0.2) is 4.79 Å². The third-order valence-corrected chi connectivity index (χ3v) is 4.70. The molecule has 0 bridgehead atoms. The number of aryl methyl sites for hydroxylation is 1. The molecular weight excluding hydrogens is 356 g/mol. The molecule has 1 aliphatic rings. The Morgan fingerprint density at radius 1 is 1.21 bits per heavy atom. The van der Waals surface area contributed by atoms with Crippen LogP contribution in [-0.4, -0.2) is 24.6 Å². The van der Waals surface area contributed by atoms with E-state index in [1.807, 2.05) is 24.3 Å². The molecule has 28 heavy (non-hydrogen) atoms. The van der Waals surface area contributed by atoms with Crippen molar-refractivity contribution in [3.05, 3.63) is 65.2 Å². The number of nitriles is 1. The molecule has 0 fully saturated rings. The van der Waals surface area contributed by atoms with E-state index in [2.05, 4.69) is 11.4 Å². The van der Waals surface area contributed by atoms with E-state index in [4.69, 9.17) is 14.7 Å². The molecule has 0 aromatic heterocycles. The Kier molecular flexibility index (Phi) is 6.28. The number of fused-ring (bicyclic) bond motifs is 1. The first kappa shape index (κ1) is 19.4. The first-order chi connectivity index (χ1) is 13.6. The van der Waals surface area contributed by atoms with Gasteiger partial charge < -0.3 is 14.8 Å². The number of esters is 1. The second-order valence-electron chi connectivity index (χ2n) is 6.71. The summed E-state index contributed by atoms with van der Waals surface area (Å²) >= 11 is 0. The highest BCUT2D eigenvalue weighted by molar-refractivity contribution is 5.84. The second kappa shape index (κ2) is 9.05. The molecule has 1 aliphatic carbocycles. The van der Waals surface area contributed by atoms with Crippen molar-refractivity contribution < 1.29 is 19.1 Å². The van der Waals surface area contributed by atoms with E-state index in [0.29, 0.717) is 11.3 Å². The van der Waals surface area contributed by atoms with Crippen LogP contribution in [0.5, 0.6) is 5.75 Å². The number of rotatable bonds is 6. The van der Waals surface area contributed by atoms with Crippen LogP contribution in [0.2, 0.25) is 0 Å². The third kappa shape index (κ3) is 4.89. The molecule has 2 aromatic carbocycles. The lowest BCUT2D eigenvalue weighted by Gasteiger charge is -2.27. The lowest BCUT2D eigenvalue weighted by atomic mass is 9.87. The summed E-state index contributed by atoms with van der Waals surface area (Å²) in [6.45, 7) is 1.24. The molecule has 6 heteroatoms. The van der Waals surface area contributed by atoms with Gasteiger partial charge >= 0.3 is 5.97 Å². The minimum Gasteiger partial charge on any atom is -0.482 e. The molecule has 2 atom stereocenters. The molecule has 3 rings (SSSR count). The molecule has 2 aromatic rings. The van der Waals surface area contributed by atoms with Crippen LogP contribution in [0.1, 0.15) is 42.5 Å². The maximum atomic E-state index is 12.4. The summed E-state index contributed by atoms with van der Waals surface area (Å²) in [5.74, 6) is -0.503. The first-order valence-corrected chi connectivity index (χ1v) is 9.27. The van der Waals surface area contributed by atoms with Gasteiger partial charge in [0.2, 0.25) is 0 Å². The number of nitrogens with zero attached hydrogens (tertiary/aromatic N) is 1. The van der Waals surface area contributed by atoms with Crippen LogP contribution in [0.3, 0.4) is 0 Å². The average Bonchev–Trinajstić information content (AvgIpc) is 2.73. The molecule has 6 nitrogen and oxygen atoms in total. The van der Waals surface area contributed by atoms with Crippen LogP contribution in [0.4, 0.5) is 0 Å². The zero-order valence-electron chi connectivity index (χ0n) is 15.7. The lowest BCUT2D eigenvalue weighted by molar-refractivity contribution is -0.156. The second-order valence-corrected chi connectivity index (χ2v) is 6.71. The third-order valence-electron chi connectivity index (χ3n) is 4.70. The van der Waals surface area contributed by atoms with E-state index in [1.165, 1.54) is 5.56 Å². The minimum atomic E-state index is -0.911. The number of nitrogens with one attached hydrogen (secondary N) is 1. The molecule has 0 unspecified atom stereocenters. The fourth-order valence-electron chi connectivity index (χ4n) is 3.25. The van der Waals surface area contributed by atoms with Gasteiger partial charge in [0.25, 0.3) is 5.91 Å². The largest absolute Gasteiger partial charge is 0.482 e. The number of ether oxygens (including phenoxy) is 2. The van der Waals surface area contributed by atoms with E-state index in [-0.39, 0.29) is 18.6 Å². The molecule has 0 aliphatic heterocycles. The molecule has 0 saturated carbocycles. The van der Waals surface area contributed by atoms with Crippen molar-refractivity contribution in [2.75, 3.05) is 6.61 Å². The van der Waals surface area contributed by atoms with E-state index in [0.717, 1.165) is 24.8 Å². The van der Waals surface area contributed by atoms with E-state index in [1.54, 1.807) is 31.2 Å². The number of benzene rings is 2. The summed E-state index contributed by atoms with van der Waals surface area (Å²) < 4.78 is 10.5. The smallest absolute Gasteiger partial charge is 0.344 e. The molecule has 0 radical (unpaired) electrons. The topological polar surface area (TPSA) is 88.4 Å². The SMILES string of the molecule is C[C@H](OC(=O)COc1ccc(C#N)cc1)C(=O)N[C@@H]1CCCc2ccccc21. The Balaban J connectivity index is 1.48. The van der Waals surface area contributed by atoms with Gasteiger partial charge in [0, 0.05) is 0 Å². The summed E-state index contributed by atoms with van der Waals surface area (Å²) in [5, 5.41) is 11.7. The van der Waals surface area contributed by atoms with E-state index < -0.39 is 12.1 Å². The molecule has 144 valence electrons. The predicted octanol–water partition coefficient (Wildman–Crippen LogP) is 3.06. The van der Waals surface area contributed by atoms with Gasteiger partial charge in [-0.3, -0.25) is 4.79 Å². The molecule has 0 saturated heterocycles. The number of carbonyl (C=O) groups excluding carboxylic acids is 2. The van der Waals surface area contributed by atoms with Crippen molar-refractivity contribution >= 4 is 11.9 Å². The van der Waals surface area contributed by atoms with Gasteiger partial charge in [0.05, 0.1) is 17.7 Å². The van der Waals surface area contributed by atoms with Crippen LogP contribution in [0.25, 0.3) is 0 Å². The van der Waals surface area contributed by atoms with Crippen molar-refractivity contribution in [1.29, 1.82) is 5.26 Å². The first-order valence-electron chi connectivity index (χ1n) is 9.27. The van der Waals surface area contributed by atoms with Crippen molar-refractivity contribution in [1.82, 2.24) is 5.32 Å². The van der Waals surface area contributed by atoms with E-state index in [9.17, 15) is 9.59 Å². The number of amides is 1. The Morgan fingerprint density at radius 2 is 1.96 bits per heavy atom. The Hall–Kier alpha value is -3.33. The standard InChI is InChI=1S/C22H22N2O4/c1-15(28-21(25)14-27-18-11-9-16(13-23)10-12-18)22(26)24-20-8-4-6-17-5-2-3-7-19(17)20/h2-3,5,7,9-12,15,20H,4,6,8,14H2,1H3,(H,24,26)/t15-,20+/m0/s1. The summed E-state index contributed by atoms with van der Waals surface area (Å²) in [7, 11) is 0. The summed E-state index contributed by atoms with van der Waals surface area (Å²) in [5.41, 5.74) is 2.88. The quantitative estimate of drug-likeness (QED) is 0.781. The lowest BCUT2D eigenvalue weighted by Crippen LogP contribution is -2.39. The van der Waals surface area contributed by atoms with Crippen molar-refractivity contribution in [2.24, 2.45) is 0 Å². The van der Waals surface area contributed by atoms with Gasteiger partial charge in [0.1, 0.15) is 5.75 Å². The number of hydrogen-bond donors (Lipinski definition) is 1. The minimum absolute atomic E-state index is 0.0616. The van der Waals surface area contributed by atoms with Crippen molar-refractivity contribution in [3.8, 4) is 11.8 Å². The number of carbonyl (C=O) groups is 2. The van der Waals surface area contributed by atoms with Crippen LogP contribution in [0.15, 0.2) is 48.5 Å². The molecule has 0 heterocycles. The van der Waals surface area contributed by atoms with Gasteiger partial charge in [-0.1, -0.05) is 24.3 Å². The maximum absolute atomic E-state index is 12.4. The van der Waals surface area contributed by atoms with Gasteiger partial charge in [0.15, 0.2) is 12.7 Å². The highest BCUT2D eigenvalue weighted by Gasteiger charge is 2.25. The highest BCUT2D eigenvalue weighted by atomic mass is 16.6. The van der Waals surface area contributed by atoms with Gasteiger partial charge in [-0.05, 0) is 61.6 Å². The van der Waals surface area contributed by atoms with Gasteiger partial charge in [-0.2, -0.15) is 5.26 Å². The van der Waals surface area contributed by atoms with Crippen LogP contribution >= 0.6 is 0 Å².